The fourth-order valence-corrected chi connectivity index (χ4v) is 4.08. The van der Waals surface area contributed by atoms with Gasteiger partial charge in [0.1, 0.15) is 18.7 Å². The van der Waals surface area contributed by atoms with E-state index in [4.69, 9.17) is 13.9 Å². The van der Waals surface area contributed by atoms with Crippen LogP contribution in [0.3, 0.4) is 0 Å². The van der Waals surface area contributed by atoms with E-state index in [1.54, 1.807) is 36.4 Å². The van der Waals surface area contributed by atoms with Crippen LogP contribution in [0.5, 0.6) is 11.5 Å². The molecule has 0 spiro atoms. The van der Waals surface area contributed by atoms with E-state index in [2.05, 4.69) is 48.8 Å². The minimum Gasteiger partial charge on any atom is -0.486 e. The van der Waals surface area contributed by atoms with Gasteiger partial charge in [0.25, 0.3) is 5.91 Å². The van der Waals surface area contributed by atoms with Crippen LogP contribution in [-0.4, -0.2) is 24.1 Å². The van der Waals surface area contributed by atoms with Crippen LogP contribution in [-0.2, 0) is 0 Å². The summed E-state index contributed by atoms with van der Waals surface area (Å²) in [7, 11) is 0. The molecule has 3 aromatic carbocycles. The molecule has 0 unspecified atom stereocenters. The van der Waals surface area contributed by atoms with Gasteiger partial charge < -0.3 is 19.2 Å². The molecule has 4 aromatic rings. The average Bonchev–Trinajstić information content (AvgIpc) is 3.18. The lowest BCUT2D eigenvalue weighted by Crippen LogP contribution is -2.17. The molecule has 1 aliphatic rings. The largest absolute Gasteiger partial charge is 0.486 e. The minimum atomic E-state index is -0.240. The van der Waals surface area contributed by atoms with Crippen LogP contribution in [0.25, 0.3) is 22.6 Å². The number of ether oxygens (including phenoxy) is 2. The second-order valence-electron chi connectivity index (χ2n) is 6.64. The minimum absolute atomic E-state index is 0.240. The Kier molecular flexibility index (Phi) is 5.11. The van der Waals surface area contributed by atoms with Crippen LogP contribution in [0.2, 0.25) is 0 Å². The first-order valence-electron chi connectivity index (χ1n) is 9.14. The van der Waals surface area contributed by atoms with E-state index in [1.807, 2.05) is 18.2 Å². The lowest BCUT2D eigenvalue weighted by atomic mass is 10.1. The number of fused-ring (bicyclic) bond motifs is 2. The van der Waals surface area contributed by atoms with Crippen molar-refractivity contribution in [2.75, 3.05) is 18.5 Å². The van der Waals surface area contributed by atoms with Gasteiger partial charge in [-0.2, -0.15) is 0 Å². The van der Waals surface area contributed by atoms with Crippen molar-refractivity contribution in [3.63, 3.8) is 0 Å². The molecule has 0 bridgehead atoms. The second kappa shape index (κ2) is 7.92. The van der Waals surface area contributed by atoms with Crippen molar-refractivity contribution in [3.8, 4) is 23.0 Å². The first kappa shape index (κ1) is 19.4. The molecule has 6 nitrogen and oxygen atoms in total. The van der Waals surface area contributed by atoms with Gasteiger partial charge in [-0.1, -0.05) is 0 Å². The molecule has 2 heterocycles. The molecular formula is C22H14BrIN2O4. The summed E-state index contributed by atoms with van der Waals surface area (Å²) >= 11 is 5.79. The molecule has 5 rings (SSSR count). The summed E-state index contributed by atoms with van der Waals surface area (Å²) in [6, 6.07) is 16.5. The Morgan fingerprint density at radius 2 is 1.83 bits per heavy atom. The molecule has 0 aliphatic carbocycles. The number of amides is 1. The zero-order valence-electron chi connectivity index (χ0n) is 15.4. The molecule has 0 atom stereocenters. The molecule has 1 aliphatic heterocycles. The van der Waals surface area contributed by atoms with Crippen molar-refractivity contribution in [2.45, 2.75) is 0 Å². The number of carbonyl (C=O) groups is 1. The summed E-state index contributed by atoms with van der Waals surface area (Å²) in [5, 5.41) is 2.90. The van der Waals surface area contributed by atoms with E-state index >= 15 is 0 Å². The lowest BCUT2D eigenvalue weighted by Gasteiger charge is -2.18. The number of carbonyl (C=O) groups excluding carboxylic acids is 1. The molecule has 0 radical (unpaired) electrons. The molecule has 1 N–H and O–H groups in total. The number of nitrogens with one attached hydrogen (secondary N) is 1. The molecule has 8 heteroatoms. The van der Waals surface area contributed by atoms with Crippen LogP contribution in [0.4, 0.5) is 5.69 Å². The highest BCUT2D eigenvalue weighted by Crippen LogP contribution is 2.33. The molecule has 30 heavy (non-hydrogen) atoms. The van der Waals surface area contributed by atoms with Crippen molar-refractivity contribution >= 4 is 61.2 Å². The third-order valence-corrected chi connectivity index (χ3v) is 5.97. The van der Waals surface area contributed by atoms with Crippen LogP contribution >= 0.6 is 38.5 Å². The molecule has 150 valence electrons. The highest BCUT2D eigenvalue weighted by Gasteiger charge is 2.16. The van der Waals surface area contributed by atoms with Crippen molar-refractivity contribution < 1.29 is 18.7 Å². The van der Waals surface area contributed by atoms with E-state index in [9.17, 15) is 4.79 Å². The normalized spacial score (nSPS) is 12.7. The Balaban J connectivity index is 1.41. The van der Waals surface area contributed by atoms with Gasteiger partial charge in [-0.15, -0.1) is 0 Å². The van der Waals surface area contributed by atoms with Gasteiger partial charge in [0.2, 0.25) is 5.89 Å². The van der Waals surface area contributed by atoms with Crippen LogP contribution in [0, 0.1) is 3.57 Å². The smallest absolute Gasteiger partial charge is 0.255 e. The standard InChI is InChI=1S/C22H14BrIN2O4/c23-16-4-2-13(24)10-15(16)22-26-17-11-14(3-6-18(17)30-22)25-21(27)12-1-5-19-20(9-12)29-8-7-28-19/h1-6,9-11H,7-8H2,(H,25,27). The topological polar surface area (TPSA) is 73.6 Å². The first-order valence-corrected chi connectivity index (χ1v) is 11.0. The van der Waals surface area contributed by atoms with E-state index in [-0.39, 0.29) is 5.91 Å². The number of halogens is 2. The SMILES string of the molecule is O=C(Nc1ccc2oc(-c3cc(I)ccc3Br)nc2c1)c1ccc2c(c1)OCCO2. The predicted octanol–water partition coefficient (Wildman–Crippen LogP) is 5.89. The van der Waals surface area contributed by atoms with Crippen molar-refractivity contribution in [3.05, 3.63) is 68.2 Å². The average molecular weight is 577 g/mol. The number of rotatable bonds is 3. The van der Waals surface area contributed by atoms with Gasteiger partial charge in [0.05, 0.1) is 5.56 Å². The number of nitrogens with zero attached hydrogens (tertiary/aromatic N) is 1. The number of oxazole rings is 1. The molecule has 0 fully saturated rings. The van der Waals surface area contributed by atoms with Gasteiger partial charge >= 0.3 is 0 Å². The number of benzene rings is 3. The summed E-state index contributed by atoms with van der Waals surface area (Å²) in [6.45, 7) is 0.983. The van der Waals surface area contributed by atoms with Crippen LogP contribution in [0.1, 0.15) is 10.4 Å². The van der Waals surface area contributed by atoms with E-state index < -0.39 is 0 Å². The molecule has 1 amide bonds. The molecule has 0 saturated carbocycles. The molecule has 1 aromatic heterocycles. The Hall–Kier alpha value is -2.59. The summed E-state index contributed by atoms with van der Waals surface area (Å²) in [4.78, 5) is 17.3. The number of anilines is 1. The van der Waals surface area contributed by atoms with Gasteiger partial charge in [-0.25, -0.2) is 4.98 Å². The van der Waals surface area contributed by atoms with E-state index in [0.717, 1.165) is 13.6 Å². The Morgan fingerprint density at radius 1 is 1.00 bits per heavy atom. The summed E-state index contributed by atoms with van der Waals surface area (Å²) < 4.78 is 19.0. The first-order chi connectivity index (χ1) is 14.6. The summed E-state index contributed by atoms with van der Waals surface area (Å²) in [5.41, 5.74) is 3.30. The van der Waals surface area contributed by atoms with Gasteiger partial charge in [-0.3, -0.25) is 4.79 Å². The second-order valence-corrected chi connectivity index (χ2v) is 8.74. The maximum absolute atomic E-state index is 12.7. The molecule has 0 saturated heterocycles. The van der Waals surface area contributed by atoms with E-state index in [0.29, 0.717) is 53.0 Å². The zero-order valence-corrected chi connectivity index (χ0v) is 19.2. The van der Waals surface area contributed by atoms with E-state index in [1.165, 1.54) is 0 Å². The van der Waals surface area contributed by atoms with Gasteiger partial charge in [-0.05, 0) is 93.1 Å². The highest BCUT2D eigenvalue weighted by molar-refractivity contribution is 14.1. The van der Waals surface area contributed by atoms with Crippen LogP contribution in [0.15, 0.2) is 63.5 Å². The number of hydrogen-bond donors (Lipinski definition) is 1. The quantitative estimate of drug-likeness (QED) is 0.308. The van der Waals surface area contributed by atoms with Crippen molar-refractivity contribution in [1.29, 1.82) is 0 Å². The fraction of sp³-hybridized carbons (Fsp3) is 0.0909. The van der Waals surface area contributed by atoms with Crippen LogP contribution < -0.4 is 14.8 Å². The monoisotopic (exact) mass is 576 g/mol. The Morgan fingerprint density at radius 3 is 2.70 bits per heavy atom. The highest BCUT2D eigenvalue weighted by atomic mass is 127. The zero-order chi connectivity index (χ0) is 20.7. The Labute approximate surface area is 193 Å². The van der Waals surface area contributed by atoms with Gasteiger partial charge in [0, 0.05) is 19.3 Å². The van der Waals surface area contributed by atoms with Gasteiger partial charge in [0.15, 0.2) is 17.1 Å². The lowest BCUT2D eigenvalue weighted by molar-refractivity contribution is 0.102. The molecular weight excluding hydrogens is 563 g/mol. The van der Waals surface area contributed by atoms with Crippen molar-refractivity contribution in [1.82, 2.24) is 4.98 Å². The van der Waals surface area contributed by atoms with Crippen molar-refractivity contribution in [2.24, 2.45) is 0 Å². The summed E-state index contributed by atoms with van der Waals surface area (Å²) in [6.07, 6.45) is 0. The summed E-state index contributed by atoms with van der Waals surface area (Å²) in [5.74, 6) is 1.51. The predicted molar refractivity (Wildman–Crippen MR) is 125 cm³/mol. The fourth-order valence-electron chi connectivity index (χ4n) is 3.17. The maximum Gasteiger partial charge on any atom is 0.255 e. The maximum atomic E-state index is 12.7. The third kappa shape index (κ3) is 3.77. The number of aromatic nitrogens is 1. The Bertz CT molecular complexity index is 1290. The third-order valence-electron chi connectivity index (χ3n) is 4.61. The number of hydrogen-bond acceptors (Lipinski definition) is 5.